The lowest BCUT2D eigenvalue weighted by Gasteiger charge is -2.16. The van der Waals surface area contributed by atoms with E-state index in [-0.39, 0.29) is 0 Å². The number of rotatable bonds is 5. The number of aromatic nitrogens is 6. The van der Waals surface area contributed by atoms with Crippen molar-refractivity contribution < 1.29 is 0 Å². The second-order valence-corrected chi connectivity index (χ2v) is 17.2. The van der Waals surface area contributed by atoms with Crippen molar-refractivity contribution in [1.82, 2.24) is 29.1 Å². The van der Waals surface area contributed by atoms with Gasteiger partial charge >= 0.3 is 0 Å². The number of para-hydroxylation sites is 2. The van der Waals surface area contributed by atoms with Crippen LogP contribution in [0.5, 0.6) is 0 Å². The normalized spacial score (nSPS) is 12.1. The molecule has 59 heavy (non-hydrogen) atoms. The van der Waals surface area contributed by atoms with Crippen LogP contribution in [-0.2, 0) is 6.42 Å². The van der Waals surface area contributed by atoms with Gasteiger partial charge in [-0.05, 0) is 60.2 Å². The fourth-order valence-corrected chi connectivity index (χ4v) is 11.5. The van der Waals surface area contributed by atoms with E-state index in [2.05, 4.69) is 148 Å². The average Bonchev–Trinajstić information content (AvgIpc) is 4.03. The third-order valence-electron chi connectivity index (χ3n) is 11.8. The maximum Gasteiger partial charge on any atom is 0.163 e. The molecule has 0 saturated heterocycles. The molecule has 6 nitrogen and oxygen atoms in total. The molecule has 13 aromatic rings. The van der Waals surface area contributed by atoms with Crippen LogP contribution in [0, 0.1) is 0 Å². The maximum atomic E-state index is 5.38. The van der Waals surface area contributed by atoms with Gasteiger partial charge in [-0.15, -0.1) is 22.7 Å². The first-order valence-electron chi connectivity index (χ1n) is 19.7. The zero-order chi connectivity index (χ0) is 38.6. The number of hydrogen-bond acceptors (Lipinski definition) is 6. The molecule has 0 spiro atoms. The standard InChI is InChI=1S/C51H30N6S2/c1-2-12-30(13-3-1)51-54-29-53-47(55-51)24-31-25-48(57-38-18-8-4-14-32(38)36-26-37-33-15-6-10-20-43(33)59-46(37)27-41(36)57)52-28-42(31)56-39-19-9-5-16-34(39)49-40(56)22-23-45-50(49)35-17-7-11-21-44(35)58-45/h1-23,25-29H,24H2. The van der Waals surface area contributed by atoms with Gasteiger partial charge in [0.05, 0.1) is 34.0 Å². The molecule has 0 N–H and O–H groups in total. The van der Waals surface area contributed by atoms with E-state index in [1.165, 1.54) is 61.9 Å². The van der Waals surface area contributed by atoms with Gasteiger partial charge in [-0.25, -0.2) is 19.9 Å². The monoisotopic (exact) mass is 790 g/mol. The Hall–Kier alpha value is -7.26. The molecule has 0 radical (unpaired) electrons. The lowest BCUT2D eigenvalue weighted by atomic mass is 10.1. The minimum Gasteiger partial charge on any atom is -0.307 e. The predicted molar refractivity (Wildman–Crippen MR) is 247 cm³/mol. The SMILES string of the molecule is c1ccc(-c2ncnc(Cc3cc(-n4c5ccccc5c5cc6c(cc54)sc4ccccc46)ncc3-n3c4ccccc4c4c5c(ccc43)sc3ccccc35)n2)cc1. The van der Waals surface area contributed by atoms with Crippen LogP contribution in [-0.4, -0.2) is 29.1 Å². The van der Waals surface area contributed by atoms with Gasteiger partial charge in [0, 0.05) is 73.9 Å². The number of nitrogens with zero attached hydrogens (tertiary/aromatic N) is 6. The van der Waals surface area contributed by atoms with E-state index in [1.54, 1.807) is 6.33 Å². The first kappa shape index (κ1) is 32.8. The summed E-state index contributed by atoms with van der Waals surface area (Å²) in [6.07, 6.45) is 4.17. The third-order valence-corrected chi connectivity index (χ3v) is 14.0. The molecule has 0 aliphatic carbocycles. The third kappa shape index (κ3) is 4.91. The van der Waals surface area contributed by atoms with E-state index in [0.717, 1.165) is 44.7 Å². The molecule has 8 heteroatoms. The van der Waals surface area contributed by atoms with Gasteiger partial charge in [0.25, 0.3) is 0 Å². The molecule has 0 unspecified atom stereocenters. The van der Waals surface area contributed by atoms with Crippen LogP contribution >= 0.6 is 22.7 Å². The summed E-state index contributed by atoms with van der Waals surface area (Å²) < 4.78 is 9.86. The number of hydrogen-bond donors (Lipinski definition) is 0. The summed E-state index contributed by atoms with van der Waals surface area (Å²) >= 11 is 3.69. The van der Waals surface area contributed by atoms with Gasteiger partial charge in [-0.3, -0.25) is 4.57 Å². The van der Waals surface area contributed by atoms with Crippen LogP contribution in [0.15, 0.2) is 170 Å². The van der Waals surface area contributed by atoms with Crippen LogP contribution < -0.4 is 0 Å². The fraction of sp³-hybridized carbons (Fsp3) is 0.0196. The van der Waals surface area contributed by atoms with Gasteiger partial charge in [0.1, 0.15) is 18.0 Å². The zero-order valence-corrected chi connectivity index (χ0v) is 33.0. The van der Waals surface area contributed by atoms with Crippen LogP contribution in [0.1, 0.15) is 11.4 Å². The average molecular weight is 791 g/mol. The molecule has 0 aliphatic rings. The Bertz CT molecular complexity index is 3840. The highest BCUT2D eigenvalue weighted by Crippen LogP contribution is 2.45. The second-order valence-electron chi connectivity index (χ2n) is 15.0. The van der Waals surface area contributed by atoms with Crippen molar-refractivity contribution in [1.29, 1.82) is 0 Å². The summed E-state index contributed by atoms with van der Waals surface area (Å²) in [6, 6.07) is 56.6. The zero-order valence-electron chi connectivity index (χ0n) is 31.4. The van der Waals surface area contributed by atoms with Crippen LogP contribution in [0.2, 0.25) is 0 Å². The number of thiophene rings is 2. The molecule has 276 valence electrons. The smallest absolute Gasteiger partial charge is 0.163 e. The van der Waals surface area contributed by atoms with Crippen molar-refractivity contribution in [3.63, 3.8) is 0 Å². The Kier molecular flexibility index (Phi) is 7.01. The largest absolute Gasteiger partial charge is 0.307 e. The molecule has 6 heterocycles. The quantitative estimate of drug-likeness (QED) is 0.174. The highest BCUT2D eigenvalue weighted by atomic mass is 32.1. The Labute approximate surface area is 344 Å². The van der Waals surface area contributed by atoms with Gasteiger partial charge in [0.15, 0.2) is 5.82 Å². The molecular formula is C51H30N6S2. The Balaban J connectivity index is 1.09. The molecule has 0 bridgehead atoms. The fourth-order valence-electron chi connectivity index (χ4n) is 9.22. The molecule has 0 amide bonds. The summed E-state index contributed by atoms with van der Waals surface area (Å²) in [5, 5.41) is 10.0. The summed E-state index contributed by atoms with van der Waals surface area (Å²) in [6.45, 7) is 0. The number of pyridine rings is 1. The Morgan fingerprint density at radius 2 is 1.14 bits per heavy atom. The van der Waals surface area contributed by atoms with E-state index >= 15 is 0 Å². The summed E-state index contributed by atoms with van der Waals surface area (Å²) in [4.78, 5) is 19.8. The predicted octanol–water partition coefficient (Wildman–Crippen LogP) is 13.5. The minimum atomic E-state index is 0.475. The Morgan fingerprint density at radius 1 is 0.441 bits per heavy atom. The van der Waals surface area contributed by atoms with E-state index < -0.39 is 0 Å². The van der Waals surface area contributed by atoms with Crippen LogP contribution in [0.3, 0.4) is 0 Å². The lowest BCUT2D eigenvalue weighted by Crippen LogP contribution is -2.08. The molecule has 0 aliphatic heterocycles. The highest BCUT2D eigenvalue weighted by molar-refractivity contribution is 7.26. The van der Waals surface area contributed by atoms with Crippen molar-refractivity contribution in [2.45, 2.75) is 6.42 Å². The van der Waals surface area contributed by atoms with Crippen molar-refractivity contribution in [2.75, 3.05) is 0 Å². The van der Waals surface area contributed by atoms with Gasteiger partial charge in [0.2, 0.25) is 0 Å². The first-order valence-corrected chi connectivity index (χ1v) is 21.3. The second kappa shape index (κ2) is 12.6. The number of fused-ring (bicyclic) bond motifs is 13. The van der Waals surface area contributed by atoms with E-state index in [9.17, 15) is 0 Å². The highest BCUT2D eigenvalue weighted by Gasteiger charge is 2.22. The number of benzene rings is 7. The van der Waals surface area contributed by atoms with Crippen LogP contribution in [0.25, 0.3) is 107 Å². The van der Waals surface area contributed by atoms with Crippen molar-refractivity contribution in [3.8, 4) is 22.9 Å². The molecule has 13 rings (SSSR count). The summed E-state index contributed by atoms with van der Waals surface area (Å²) in [7, 11) is 0. The Morgan fingerprint density at radius 3 is 1.98 bits per heavy atom. The first-order chi connectivity index (χ1) is 29.2. The molecular weight excluding hydrogens is 761 g/mol. The molecule has 0 atom stereocenters. The van der Waals surface area contributed by atoms with Crippen molar-refractivity contribution in [3.05, 3.63) is 182 Å². The topological polar surface area (TPSA) is 61.4 Å². The van der Waals surface area contributed by atoms with Crippen LogP contribution in [0.4, 0.5) is 0 Å². The van der Waals surface area contributed by atoms with Gasteiger partial charge < -0.3 is 4.57 Å². The molecule has 6 aromatic heterocycles. The summed E-state index contributed by atoms with van der Waals surface area (Å²) in [5.74, 6) is 2.20. The molecule has 0 fully saturated rings. The van der Waals surface area contributed by atoms with E-state index in [4.69, 9.17) is 15.0 Å². The maximum absolute atomic E-state index is 5.38. The van der Waals surface area contributed by atoms with E-state index in [1.807, 2.05) is 53.0 Å². The lowest BCUT2D eigenvalue weighted by molar-refractivity contribution is 0.910. The molecule has 0 saturated carbocycles. The van der Waals surface area contributed by atoms with Gasteiger partial charge in [-0.1, -0.05) is 103 Å². The van der Waals surface area contributed by atoms with Crippen molar-refractivity contribution in [2.24, 2.45) is 0 Å². The molecule has 7 aromatic carbocycles. The summed E-state index contributed by atoms with van der Waals surface area (Å²) in [5.41, 5.74) is 7.53. The van der Waals surface area contributed by atoms with E-state index in [0.29, 0.717) is 18.1 Å². The van der Waals surface area contributed by atoms with Crippen molar-refractivity contribution >= 4 is 107 Å². The van der Waals surface area contributed by atoms with Gasteiger partial charge in [-0.2, -0.15) is 0 Å². The minimum absolute atomic E-state index is 0.475.